The Morgan fingerprint density at radius 3 is 2.49 bits per heavy atom. The molecule has 2 aromatic heterocycles. The summed E-state index contributed by atoms with van der Waals surface area (Å²) in [6.07, 6.45) is -3.48. The summed E-state index contributed by atoms with van der Waals surface area (Å²) >= 11 is 0.795. The van der Waals surface area contributed by atoms with Gasteiger partial charge in [-0.15, -0.1) is 11.3 Å². The molecular formula is C24H24F4N4O2S. The Labute approximate surface area is 203 Å². The highest BCUT2D eigenvalue weighted by Gasteiger charge is 2.47. The Hall–Kier alpha value is -3.21. The van der Waals surface area contributed by atoms with Crippen LogP contribution in [0.25, 0.3) is 11.3 Å². The summed E-state index contributed by atoms with van der Waals surface area (Å²) in [6.45, 7) is 1.12. The first kappa shape index (κ1) is 24.9. The van der Waals surface area contributed by atoms with Crippen LogP contribution >= 0.6 is 11.3 Å². The molecule has 1 aromatic carbocycles. The van der Waals surface area contributed by atoms with E-state index in [4.69, 9.17) is 0 Å². The molecule has 0 saturated carbocycles. The average molecular weight is 509 g/mol. The van der Waals surface area contributed by atoms with Crippen molar-refractivity contribution < 1.29 is 27.5 Å². The molecule has 1 amide bonds. The number of aromatic nitrogens is 2. The highest BCUT2D eigenvalue weighted by molar-refractivity contribution is 7.09. The maximum atomic E-state index is 13.7. The molecule has 1 aliphatic heterocycles. The third kappa shape index (κ3) is 6.08. The zero-order valence-corrected chi connectivity index (χ0v) is 19.5. The maximum absolute atomic E-state index is 13.7. The van der Waals surface area contributed by atoms with Crippen molar-refractivity contribution in [3.63, 3.8) is 0 Å². The highest BCUT2D eigenvalue weighted by Crippen LogP contribution is 2.40. The number of nitrogens with zero attached hydrogens (tertiary/aromatic N) is 4. The van der Waals surface area contributed by atoms with Crippen LogP contribution in [0.4, 0.5) is 28.2 Å². The van der Waals surface area contributed by atoms with E-state index in [2.05, 4.69) is 14.9 Å². The van der Waals surface area contributed by atoms with Gasteiger partial charge in [0.05, 0.1) is 16.1 Å². The highest BCUT2D eigenvalue weighted by atomic mass is 32.1. The number of carboxylic acid groups (broad SMARTS) is 1. The zero-order chi connectivity index (χ0) is 25.0. The van der Waals surface area contributed by atoms with E-state index < -0.39 is 18.3 Å². The van der Waals surface area contributed by atoms with Gasteiger partial charge < -0.3 is 10.0 Å². The van der Waals surface area contributed by atoms with Crippen LogP contribution in [0.15, 0.2) is 54.2 Å². The van der Waals surface area contributed by atoms with Crippen LogP contribution in [-0.2, 0) is 0 Å². The summed E-state index contributed by atoms with van der Waals surface area (Å²) in [5.41, 5.74) is 2.79. The van der Waals surface area contributed by atoms with Crippen LogP contribution in [0.3, 0.4) is 0 Å². The molecule has 35 heavy (non-hydrogen) atoms. The van der Waals surface area contributed by atoms with Gasteiger partial charge in [-0.3, -0.25) is 9.88 Å². The lowest BCUT2D eigenvalue weighted by Crippen LogP contribution is -2.43. The third-order valence-corrected chi connectivity index (χ3v) is 7.01. The van der Waals surface area contributed by atoms with Gasteiger partial charge in [0.25, 0.3) is 0 Å². The monoisotopic (exact) mass is 508 g/mol. The van der Waals surface area contributed by atoms with E-state index in [9.17, 15) is 27.5 Å². The molecule has 1 aliphatic rings. The third-order valence-electron chi connectivity index (χ3n) is 6.18. The lowest BCUT2D eigenvalue weighted by Gasteiger charge is -2.35. The van der Waals surface area contributed by atoms with Crippen molar-refractivity contribution in [2.24, 2.45) is 5.92 Å². The van der Waals surface area contributed by atoms with E-state index >= 15 is 0 Å². The summed E-state index contributed by atoms with van der Waals surface area (Å²) in [7, 11) is 0. The normalized spacial score (nSPS) is 15.7. The minimum Gasteiger partial charge on any atom is -0.465 e. The molecule has 0 radical (unpaired) electrons. The first-order chi connectivity index (χ1) is 16.7. The molecule has 0 spiro atoms. The summed E-state index contributed by atoms with van der Waals surface area (Å²) < 4.78 is 54.4. The largest absolute Gasteiger partial charge is 0.465 e. The number of hydrogen-bond acceptors (Lipinski definition) is 5. The van der Waals surface area contributed by atoms with Gasteiger partial charge in [0.2, 0.25) is 0 Å². The minimum absolute atomic E-state index is 0.101. The Morgan fingerprint density at radius 2 is 1.89 bits per heavy atom. The summed E-state index contributed by atoms with van der Waals surface area (Å²) in [5, 5.41) is 9.53. The Balaban J connectivity index is 1.37. The van der Waals surface area contributed by atoms with Crippen LogP contribution in [-0.4, -0.2) is 51.9 Å². The molecule has 1 unspecified atom stereocenters. The van der Waals surface area contributed by atoms with E-state index in [1.54, 1.807) is 12.1 Å². The lowest BCUT2D eigenvalue weighted by atomic mass is 9.93. The van der Waals surface area contributed by atoms with Crippen molar-refractivity contribution >= 4 is 23.2 Å². The van der Waals surface area contributed by atoms with Crippen molar-refractivity contribution in [1.82, 2.24) is 14.9 Å². The number of thiazole rings is 1. The summed E-state index contributed by atoms with van der Waals surface area (Å²) in [6, 6.07) is 9.51. The Kier molecular flexibility index (Phi) is 7.54. The zero-order valence-electron chi connectivity index (χ0n) is 18.7. The van der Waals surface area contributed by atoms with Gasteiger partial charge in [-0.2, -0.15) is 13.2 Å². The number of alkyl halides is 3. The predicted molar refractivity (Wildman–Crippen MR) is 125 cm³/mol. The van der Waals surface area contributed by atoms with E-state index in [0.29, 0.717) is 37.3 Å². The van der Waals surface area contributed by atoms with E-state index in [1.807, 2.05) is 18.2 Å². The van der Waals surface area contributed by atoms with Gasteiger partial charge >= 0.3 is 12.3 Å². The quantitative estimate of drug-likeness (QED) is 0.383. The first-order valence-corrected chi connectivity index (χ1v) is 12.0. The number of amides is 1. The molecule has 1 saturated heterocycles. The number of benzene rings is 1. The second kappa shape index (κ2) is 10.6. The number of rotatable bonds is 7. The molecule has 1 atom stereocenters. The van der Waals surface area contributed by atoms with Gasteiger partial charge in [0.1, 0.15) is 11.6 Å². The molecule has 3 aromatic rings. The molecule has 1 fully saturated rings. The maximum Gasteiger partial charge on any atom is 0.414 e. The molecule has 11 heteroatoms. The van der Waals surface area contributed by atoms with Crippen molar-refractivity contribution in [1.29, 1.82) is 0 Å². The number of hydrogen-bond donors (Lipinski definition) is 1. The van der Waals surface area contributed by atoms with E-state index in [0.717, 1.165) is 34.6 Å². The molecule has 6 nitrogen and oxygen atoms in total. The van der Waals surface area contributed by atoms with E-state index in [-0.39, 0.29) is 23.2 Å². The van der Waals surface area contributed by atoms with Gasteiger partial charge in [0, 0.05) is 31.4 Å². The van der Waals surface area contributed by atoms with Crippen LogP contribution < -0.4 is 4.90 Å². The lowest BCUT2D eigenvalue weighted by molar-refractivity contribution is -0.180. The Morgan fingerprint density at radius 1 is 1.17 bits per heavy atom. The first-order valence-electron chi connectivity index (χ1n) is 11.1. The fourth-order valence-corrected chi connectivity index (χ4v) is 5.10. The topological polar surface area (TPSA) is 69.6 Å². The summed E-state index contributed by atoms with van der Waals surface area (Å²) in [5.74, 6) is 0.561. The standard InChI is InChI=1S/C24H24F4N4O2S/c25-18-6-4-17(5-7-18)19-2-1-3-21(30-19)31-11-8-16(9-12-31)10-13-32(23(33)34)22(24(26,27)28)20-14-29-15-35-20/h1-7,14-16,22H,8-13H2,(H,33,34). The number of anilines is 1. The van der Waals surface area contributed by atoms with Gasteiger partial charge in [-0.1, -0.05) is 6.07 Å². The Bertz CT molecular complexity index is 1120. The predicted octanol–water partition coefficient (Wildman–Crippen LogP) is 6.23. The molecule has 186 valence electrons. The van der Waals surface area contributed by atoms with Crippen molar-refractivity contribution in [2.75, 3.05) is 24.5 Å². The van der Waals surface area contributed by atoms with Crippen LogP contribution in [0, 0.1) is 11.7 Å². The average Bonchev–Trinajstić information content (AvgIpc) is 3.35. The van der Waals surface area contributed by atoms with Gasteiger partial charge in [-0.25, -0.2) is 14.2 Å². The second-order valence-electron chi connectivity index (χ2n) is 8.43. The molecule has 3 heterocycles. The van der Waals surface area contributed by atoms with E-state index in [1.165, 1.54) is 17.6 Å². The molecule has 0 aliphatic carbocycles. The van der Waals surface area contributed by atoms with Crippen LogP contribution in [0.2, 0.25) is 0 Å². The van der Waals surface area contributed by atoms with Gasteiger partial charge in [0.15, 0.2) is 6.04 Å². The van der Waals surface area contributed by atoms with Crippen LogP contribution in [0.1, 0.15) is 30.2 Å². The van der Waals surface area contributed by atoms with Crippen molar-refractivity contribution in [3.8, 4) is 11.3 Å². The van der Waals surface area contributed by atoms with Crippen molar-refractivity contribution in [2.45, 2.75) is 31.5 Å². The SMILES string of the molecule is O=C(O)N(CCC1CCN(c2cccc(-c3ccc(F)cc3)n2)CC1)C(c1cncs1)C(F)(F)F. The van der Waals surface area contributed by atoms with Crippen molar-refractivity contribution in [3.05, 3.63) is 64.9 Å². The number of piperidine rings is 1. The molecule has 4 rings (SSSR count). The molecule has 1 N–H and O–H groups in total. The smallest absolute Gasteiger partial charge is 0.414 e. The number of carbonyl (C=O) groups is 1. The second-order valence-corrected chi connectivity index (χ2v) is 9.35. The molecular weight excluding hydrogens is 484 g/mol. The molecule has 0 bridgehead atoms. The minimum atomic E-state index is -4.73. The van der Waals surface area contributed by atoms with Gasteiger partial charge in [-0.05, 0) is 61.6 Å². The summed E-state index contributed by atoms with van der Waals surface area (Å²) in [4.78, 5) is 22.6. The number of halogens is 4. The fraction of sp³-hybridized carbons (Fsp3) is 0.375. The van der Waals surface area contributed by atoms with Crippen LogP contribution in [0.5, 0.6) is 0 Å². The number of pyridine rings is 1. The fourth-order valence-electron chi connectivity index (χ4n) is 4.34.